The molecule has 0 saturated heterocycles. The lowest BCUT2D eigenvalue weighted by Gasteiger charge is -2.07. The number of amides is 1. The SMILES string of the molecule is COC(=O)c1sc(NC(=O)Cc2ccc(OC)cc2)c(C(=O)OC)c1C. The van der Waals surface area contributed by atoms with Crippen molar-refractivity contribution in [3.63, 3.8) is 0 Å². The first kappa shape index (κ1) is 19.5. The molecule has 1 heterocycles. The average molecular weight is 377 g/mol. The zero-order valence-electron chi connectivity index (χ0n) is 14.9. The van der Waals surface area contributed by atoms with Crippen LogP contribution >= 0.6 is 11.3 Å². The fraction of sp³-hybridized carbons (Fsp3) is 0.278. The Hall–Kier alpha value is -2.87. The monoisotopic (exact) mass is 377 g/mol. The fourth-order valence-corrected chi connectivity index (χ4v) is 3.47. The lowest BCUT2D eigenvalue weighted by atomic mass is 10.1. The molecule has 0 bridgehead atoms. The molecule has 1 amide bonds. The van der Waals surface area contributed by atoms with Gasteiger partial charge >= 0.3 is 11.9 Å². The summed E-state index contributed by atoms with van der Waals surface area (Å²) < 4.78 is 14.6. The molecule has 0 aliphatic rings. The number of methoxy groups -OCH3 is 3. The molecule has 26 heavy (non-hydrogen) atoms. The van der Waals surface area contributed by atoms with Gasteiger partial charge < -0.3 is 19.5 Å². The molecule has 1 aromatic heterocycles. The molecule has 8 heteroatoms. The van der Waals surface area contributed by atoms with Crippen LogP contribution in [-0.2, 0) is 20.7 Å². The Morgan fingerprint density at radius 3 is 2.15 bits per heavy atom. The molecular formula is C18H19NO6S. The molecule has 0 saturated carbocycles. The molecular weight excluding hydrogens is 358 g/mol. The first-order valence-corrected chi connectivity index (χ1v) is 8.45. The van der Waals surface area contributed by atoms with Gasteiger partial charge in [-0.25, -0.2) is 9.59 Å². The van der Waals surface area contributed by atoms with E-state index in [0.29, 0.717) is 11.3 Å². The van der Waals surface area contributed by atoms with Gasteiger partial charge in [0.2, 0.25) is 5.91 Å². The molecule has 1 N–H and O–H groups in total. The highest BCUT2D eigenvalue weighted by Crippen LogP contribution is 2.34. The van der Waals surface area contributed by atoms with Crippen molar-refractivity contribution in [2.45, 2.75) is 13.3 Å². The van der Waals surface area contributed by atoms with E-state index in [0.717, 1.165) is 16.9 Å². The van der Waals surface area contributed by atoms with E-state index in [1.54, 1.807) is 38.3 Å². The Bertz CT molecular complexity index is 825. The third-order valence-corrected chi connectivity index (χ3v) is 4.87. The predicted molar refractivity (Wildman–Crippen MR) is 97.1 cm³/mol. The zero-order valence-corrected chi connectivity index (χ0v) is 15.7. The first-order chi connectivity index (χ1) is 12.4. The molecule has 0 fully saturated rings. The Morgan fingerprint density at radius 1 is 1.00 bits per heavy atom. The van der Waals surface area contributed by atoms with Crippen molar-refractivity contribution >= 4 is 34.2 Å². The Morgan fingerprint density at radius 2 is 1.62 bits per heavy atom. The van der Waals surface area contributed by atoms with Crippen molar-refractivity contribution < 1.29 is 28.6 Å². The number of carbonyl (C=O) groups excluding carboxylic acids is 3. The summed E-state index contributed by atoms with van der Waals surface area (Å²) in [6.45, 7) is 1.61. The predicted octanol–water partition coefficient (Wildman–Crippen LogP) is 2.82. The molecule has 0 spiro atoms. The van der Waals surface area contributed by atoms with Gasteiger partial charge in [0.15, 0.2) is 0 Å². The third kappa shape index (κ3) is 4.20. The fourth-order valence-electron chi connectivity index (χ4n) is 2.34. The van der Waals surface area contributed by atoms with Crippen molar-refractivity contribution in [1.29, 1.82) is 0 Å². The highest BCUT2D eigenvalue weighted by Gasteiger charge is 2.26. The van der Waals surface area contributed by atoms with Crippen LogP contribution in [0.5, 0.6) is 5.75 Å². The topological polar surface area (TPSA) is 90.9 Å². The van der Waals surface area contributed by atoms with Crippen molar-refractivity contribution in [1.82, 2.24) is 0 Å². The molecule has 0 atom stereocenters. The number of hydrogen-bond acceptors (Lipinski definition) is 7. The average Bonchev–Trinajstić information content (AvgIpc) is 2.96. The lowest BCUT2D eigenvalue weighted by molar-refractivity contribution is -0.115. The van der Waals surface area contributed by atoms with Crippen LogP contribution in [0.15, 0.2) is 24.3 Å². The maximum Gasteiger partial charge on any atom is 0.348 e. The number of nitrogens with one attached hydrogen (secondary N) is 1. The summed E-state index contributed by atoms with van der Waals surface area (Å²) in [6.07, 6.45) is 0.106. The second-order valence-corrected chi connectivity index (χ2v) is 6.34. The summed E-state index contributed by atoms with van der Waals surface area (Å²) >= 11 is 0.980. The summed E-state index contributed by atoms with van der Waals surface area (Å²) in [5.74, 6) is -0.835. The number of anilines is 1. The van der Waals surface area contributed by atoms with Gasteiger partial charge in [-0.3, -0.25) is 4.79 Å². The van der Waals surface area contributed by atoms with E-state index in [1.807, 2.05) is 0 Å². The number of benzene rings is 1. The Balaban J connectivity index is 2.24. The van der Waals surface area contributed by atoms with Crippen LogP contribution in [0.1, 0.15) is 31.2 Å². The maximum atomic E-state index is 12.4. The Kier molecular flexibility index (Phi) is 6.35. The Labute approximate surface area is 154 Å². The number of ether oxygens (including phenoxy) is 3. The number of carbonyl (C=O) groups is 3. The van der Waals surface area contributed by atoms with Gasteiger partial charge in [0.1, 0.15) is 15.6 Å². The third-order valence-electron chi connectivity index (χ3n) is 3.68. The van der Waals surface area contributed by atoms with Crippen LogP contribution in [0.25, 0.3) is 0 Å². The summed E-state index contributed by atoms with van der Waals surface area (Å²) in [4.78, 5) is 36.5. The smallest absolute Gasteiger partial charge is 0.348 e. The molecule has 0 radical (unpaired) electrons. The van der Waals surface area contributed by atoms with Gasteiger partial charge in [-0.05, 0) is 30.2 Å². The van der Waals surface area contributed by atoms with Crippen molar-refractivity contribution in [3.05, 3.63) is 45.8 Å². The van der Waals surface area contributed by atoms with Gasteiger partial charge in [0, 0.05) is 0 Å². The standard InChI is InChI=1S/C18H19NO6S/c1-10-14(17(21)24-3)16(26-15(10)18(22)25-4)19-13(20)9-11-5-7-12(23-2)8-6-11/h5-8H,9H2,1-4H3,(H,19,20). The van der Waals surface area contributed by atoms with Gasteiger partial charge in [-0.15, -0.1) is 11.3 Å². The molecule has 7 nitrogen and oxygen atoms in total. The maximum absolute atomic E-state index is 12.4. The second-order valence-electron chi connectivity index (χ2n) is 5.32. The van der Waals surface area contributed by atoms with E-state index >= 15 is 0 Å². The first-order valence-electron chi connectivity index (χ1n) is 7.64. The van der Waals surface area contributed by atoms with E-state index in [2.05, 4.69) is 5.32 Å². The largest absolute Gasteiger partial charge is 0.497 e. The van der Waals surface area contributed by atoms with Gasteiger partial charge in [-0.2, -0.15) is 0 Å². The molecule has 0 aliphatic carbocycles. The number of rotatable bonds is 6. The minimum atomic E-state index is -0.631. The van der Waals surface area contributed by atoms with Crippen molar-refractivity contribution in [2.75, 3.05) is 26.6 Å². The van der Waals surface area contributed by atoms with Gasteiger partial charge in [0.05, 0.1) is 33.3 Å². The van der Waals surface area contributed by atoms with Crippen molar-refractivity contribution in [3.8, 4) is 5.75 Å². The summed E-state index contributed by atoms with van der Waals surface area (Å²) in [7, 11) is 4.05. The summed E-state index contributed by atoms with van der Waals surface area (Å²) in [5, 5.41) is 2.94. The van der Waals surface area contributed by atoms with Crippen LogP contribution in [0, 0.1) is 6.92 Å². The number of hydrogen-bond donors (Lipinski definition) is 1. The van der Waals surface area contributed by atoms with Gasteiger partial charge in [-0.1, -0.05) is 12.1 Å². The van der Waals surface area contributed by atoms with Crippen LogP contribution < -0.4 is 10.1 Å². The second kappa shape index (κ2) is 8.48. The van der Waals surface area contributed by atoms with E-state index in [4.69, 9.17) is 14.2 Å². The van der Waals surface area contributed by atoms with Crippen LogP contribution in [0.3, 0.4) is 0 Å². The molecule has 1 aromatic carbocycles. The number of esters is 2. The molecule has 0 aliphatic heterocycles. The van der Waals surface area contributed by atoms with Crippen LogP contribution in [-0.4, -0.2) is 39.2 Å². The molecule has 2 aromatic rings. The van der Waals surface area contributed by atoms with Crippen molar-refractivity contribution in [2.24, 2.45) is 0 Å². The van der Waals surface area contributed by atoms with E-state index < -0.39 is 11.9 Å². The van der Waals surface area contributed by atoms with E-state index in [1.165, 1.54) is 14.2 Å². The molecule has 0 unspecified atom stereocenters. The quantitative estimate of drug-likeness (QED) is 0.779. The van der Waals surface area contributed by atoms with E-state index in [-0.39, 0.29) is 27.8 Å². The summed E-state index contributed by atoms with van der Waals surface area (Å²) in [5.41, 5.74) is 1.35. The molecule has 138 valence electrons. The number of thiophene rings is 1. The lowest BCUT2D eigenvalue weighted by Crippen LogP contribution is -2.16. The normalized spacial score (nSPS) is 10.2. The van der Waals surface area contributed by atoms with Gasteiger partial charge in [0.25, 0.3) is 0 Å². The highest BCUT2D eigenvalue weighted by molar-refractivity contribution is 7.18. The molecule has 2 rings (SSSR count). The van der Waals surface area contributed by atoms with Crippen LogP contribution in [0.2, 0.25) is 0 Å². The summed E-state index contributed by atoms with van der Waals surface area (Å²) in [6, 6.07) is 7.07. The van der Waals surface area contributed by atoms with E-state index in [9.17, 15) is 14.4 Å². The minimum Gasteiger partial charge on any atom is -0.497 e. The zero-order chi connectivity index (χ0) is 19.3. The highest BCUT2D eigenvalue weighted by atomic mass is 32.1. The minimum absolute atomic E-state index is 0.106. The van der Waals surface area contributed by atoms with Crippen LogP contribution in [0.4, 0.5) is 5.00 Å².